The van der Waals surface area contributed by atoms with Crippen LogP contribution in [0.2, 0.25) is 0 Å². The molecule has 1 aromatic carbocycles. The van der Waals surface area contributed by atoms with Crippen molar-refractivity contribution in [1.29, 1.82) is 0 Å². The van der Waals surface area contributed by atoms with Crippen LogP contribution in [-0.4, -0.2) is 28.9 Å². The lowest BCUT2D eigenvalue weighted by molar-refractivity contribution is -0.123. The largest absolute Gasteiger partial charge is 0.347 e. The molecule has 1 fully saturated rings. The second-order valence-electron chi connectivity index (χ2n) is 8.17. The fourth-order valence-corrected chi connectivity index (χ4v) is 4.00. The molecule has 1 saturated heterocycles. The second kappa shape index (κ2) is 9.78. The molecule has 2 heterocycles. The quantitative estimate of drug-likeness (QED) is 0.774. The van der Waals surface area contributed by atoms with Gasteiger partial charge in [0.1, 0.15) is 5.82 Å². The van der Waals surface area contributed by atoms with Crippen molar-refractivity contribution >= 4 is 5.91 Å². The lowest BCUT2D eigenvalue weighted by Crippen LogP contribution is -2.43. The van der Waals surface area contributed by atoms with E-state index in [-0.39, 0.29) is 23.7 Å². The topological polar surface area (TPSA) is 45.2 Å². The van der Waals surface area contributed by atoms with Gasteiger partial charge in [0.15, 0.2) is 0 Å². The number of rotatable bonds is 7. The predicted octanol–water partition coefficient (Wildman–Crippen LogP) is 4.34. The number of carbonyl (C=O) groups excluding carboxylic acids is 1. The van der Waals surface area contributed by atoms with Gasteiger partial charge in [-0.1, -0.05) is 32.0 Å². The van der Waals surface area contributed by atoms with Crippen LogP contribution < -0.4 is 5.32 Å². The highest BCUT2D eigenvalue weighted by Gasteiger charge is 2.30. The van der Waals surface area contributed by atoms with Crippen molar-refractivity contribution in [3.8, 4) is 0 Å². The summed E-state index contributed by atoms with van der Waals surface area (Å²) in [4.78, 5) is 19.4. The molecule has 1 aliphatic rings. The second-order valence-corrected chi connectivity index (χ2v) is 8.17. The van der Waals surface area contributed by atoms with Crippen molar-refractivity contribution in [2.24, 2.45) is 11.8 Å². The Morgan fingerprint density at radius 2 is 2.14 bits per heavy atom. The van der Waals surface area contributed by atoms with Crippen molar-refractivity contribution in [2.75, 3.05) is 13.1 Å². The van der Waals surface area contributed by atoms with E-state index in [9.17, 15) is 9.18 Å². The van der Waals surface area contributed by atoms with Gasteiger partial charge in [-0.2, -0.15) is 0 Å². The summed E-state index contributed by atoms with van der Waals surface area (Å²) >= 11 is 0. The van der Waals surface area contributed by atoms with E-state index >= 15 is 0 Å². The molecule has 150 valence electrons. The minimum atomic E-state index is -0.196. The van der Waals surface area contributed by atoms with Crippen LogP contribution in [0.4, 0.5) is 4.39 Å². The third-order valence-electron chi connectivity index (χ3n) is 5.23. The van der Waals surface area contributed by atoms with E-state index in [1.807, 2.05) is 24.3 Å². The molecule has 0 radical (unpaired) electrons. The van der Waals surface area contributed by atoms with E-state index in [0.717, 1.165) is 43.7 Å². The smallest absolute Gasteiger partial charge is 0.220 e. The Balaban J connectivity index is 1.72. The molecular formula is C23H30FN3O. The number of hydrogen-bond donors (Lipinski definition) is 1. The summed E-state index contributed by atoms with van der Waals surface area (Å²) in [6, 6.07) is 12.6. The summed E-state index contributed by atoms with van der Waals surface area (Å²) in [6.07, 6.45) is 4.40. The Bertz CT molecular complexity index is 765. The summed E-state index contributed by atoms with van der Waals surface area (Å²) in [5, 5.41) is 3.24. The molecule has 28 heavy (non-hydrogen) atoms. The molecule has 0 saturated carbocycles. The number of benzene rings is 1. The highest BCUT2D eigenvalue weighted by molar-refractivity contribution is 5.76. The lowest BCUT2D eigenvalue weighted by atomic mass is 9.88. The number of hydrogen-bond acceptors (Lipinski definition) is 3. The normalized spacial score (nSPS) is 18.8. The number of pyridine rings is 1. The zero-order chi connectivity index (χ0) is 19.9. The van der Waals surface area contributed by atoms with Gasteiger partial charge >= 0.3 is 0 Å². The summed E-state index contributed by atoms with van der Waals surface area (Å²) < 4.78 is 13.5. The molecule has 1 aliphatic heterocycles. The molecule has 1 aromatic heterocycles. The van der Waals surface area contributed by atoms with Crippen LogP contribution in [0.1, 0.15) is 50.4 Å². The third-order valence-corrected chi connectivity index (χ3v) is 5.23. The van der Waals surface area contributed by atoms with Gasteiger partial charge in [0.2, 0.25) is 5.91 Å². The van der Waals surface area contributed by atoms with E-state index in [4.69, 9.17) is 0 Å². The molecule has 5 heteroatoms. The van der Waals surface area contributed by atoms with Crippen molar-refractivity contribution in [2.45, 2.75) is 45.7 Å². The predicted molar refractivity (Wildman–Crippen MR) is 109 cm³/mol. The van der Waals surface area contributed by atoms with Gasteiger partial charge < -0.3 is 5.32 Å². The maximum atomic E-state index is 13.5. The monoisotopic (exact) mass is 383 g/mol. The van der Waals surface area contributed by atoms with Crippen LogP contribution >= 0.6 is 0 Å². The van der Waals surface area contributed by atoms with Gasteiger partial charge in [-0.25, -0.2) is 4.39 Å². The van der Waals surface area contributed by atoms with Crippen LogP contribution in [0.3, 0.4) is 0 Å². The average Bonchev–Trinajstić information content (AvgIpc) is 2.66. The van der Waals surface area contributed by atoms with E-state index in [0.29, 0.717) is 12.3 Å². The number of nitrogens with one attached hydrogen (secondary N) is 1. The van der Waals surface area contributed by atoms with Crippen LogP contribution in [0.25, 0.3) is 0 Å². The maximum absolute atomic E-state index is 13.5. The van der Waals surface area contributed by atoms with Crippen LogP contribution in [-0.2, 0) is 11.3 Å². The molecule has 2 aromatic rings. The fraction of sp³-hybridized carbons (Fsp3) is 0.478. The van der Waals surface area contributed by atoms with Gasteiger partial charge in [0.25, 0.3) is 0 Å². The first kappa shape index (κ1) is 20.5. The zero-order valence-electron chi connectivity index (χ0n) is 16.8. The van der Waals surface area contributed by atoms with Crippen LogP contribution in [0.5, 0.6) is 0 Å². The van der Waals surface area contributed by atoms with E-state index in [1.165, 1.54) is 6.07 Å². The summed E-state index contributed by atoms with van der Waals surface area (Å²) in [5.41, 5.74) is 1.90. The van der Waals surface area contributed by atoms with Crippen LogP contribution in [0, 0.1) is 17.7 Å². The molecule has 1 amide bonds. The summed E-state index contributed by atoms with van der Waals surface area (Å²) in [6.45, 7) is 6.68. The highest BCUT2D eigenvalue weighted by atomic mass is 19.1. The first-order valence-electron chi connectivity index (χ1n) is 10.2. The Morgan fingerprint density at radius 1 is 1.29 bits per heavy atom. The van der Waals surface area contributed by atoms with E-state index in [2.05, 4.69) is 29.0 Å². The third kappa shape index (κ3) is 5.86. The number of amides is 1. The Kier molecular flexibility index (Phi) is 7.15. The van der Waals surface area contributed by atoms with Crippen LogP contribution in [0.15, 0.2) is 48.7 Å². The van der Waals surface area contributed by atoms with Crippen molar-refractivity contribution in [3.05, 3.63) is 65.7 Å². The average molecular weight is 384 g/mol. The molecule has 0 spiro atoms. The summed E-state index contributed by atoms with van der Waals surface area (Å²) in [5.74, 6) is 0.486. The Morgan fingerprint density at radius 3 is 2.86 bits per heavy atom. The number of nitrogens with zero attached hydrogens (tertiary/aromatic N) is 2. The lowest BCUT2D eigenvalue weighted by Gasteiger charge is -2.37. The molecule has 0 unspecified atom stereocenters. The van der Waals surface area contributed by atoms with Crippen molar-refractivity contribution in [3.63, 3.8) is 0 Å². The number of aromatic nitrogens is 1. The van der Waals surface area contributed by atoms with Crippen molar-refractivity contribution < 1.29 is 9.18 Å². The van der Waals surface area contributed by atoms with Crippen molar-refractivity contribution in [1.82, 2.24) is 15.2 Å². The minimum Gasteiger partial charge on any atom is -0.347 e. The minimum absolute atomic E-state index is 0.0768. The standard InChI is InChI=1S/C23H30FN3O/c1-17(2)13-22(28)26-23(21-10-3-4-11-25-21)19-8-6-12-27(16-19)15-18-7-5-9-20(24)14-18/h3-5,7,9-11,14,17,19,23H,6,8,12-13,15-16H2,1-2H3,(H,26,28)/t19-,23+/m0/s1. The fourth-order valence-electron chi connectivity index (χ4n) is 4.00. The molecule has 4 nitrogen and oxygen atoms in total. The molecule has 1 N–H and O–H groups in total. The van der Waals surface area contributed by atoms with E-state index < -0.39 is 0 Å². The maximum Gasteiger partial charge on any atom is 0.220 e. The SMILES string of the molecule is CC(C)CC(=O)N[C@@H](c1ccccn1)[C@H]1CCCN(Cc2cccc(F)c2)C1. The summed E-state index contributed by atoms with van der Waals surface area (Å²) in [7, 11) is 0. The molecular weight excluding hydrogens is 353 g/mol. The van der Waals surface area contributed by atoms with Gasteiger partial charge in [0.05, 0.1) is 11.7 Å². The van der Waals surface area contributed by atoms with Gasteiger partial charge in [-0.05, 0) is 61.1 Å². The van der Waals surface area contributed by atoms with Gasteiger partial charge in [-0.15, -0.1) is 0 Å². The Hall–Kier alpha value is -2.27. The number of carbonyl (C=O) groups is 1. The molecule has 3 rings (SSSR count). The first-order valence-corrected chi connectivity index (χ1v) is 10.2. The number of halogens is 1. The first-order chi connectivity index (χ1) is 13.5. The number of piperidine rings is 1. The highest BCUT2D eigenvalue weighted by Crippen LogP contribution is 2.30. The molecule has 0 aliphatic carbocycles. The van der Waals surface area contributed by atoms with Gasteiger partial charge in [-0.3, -0.25) is 14.7 Å². The zero-order valence-corrected chi connectivity index (χ0v) is 16.8. The molecule has 0 bridgehead atoms. The molecule has 2 atom stereocenters. The van der Waals surface area contributed by atoms with Gasteiger partial charge in [0, 0.05) is 25.7 Å². The number of likely N-dealkylation sites (tertiary alicyclic amines) is 1. The Labute approximate surface area is 167 Å². The van der Waals surface area contributed by atoms with E-state index in [1.54, 1.807) is 18.3 Å².